The van der Waals surface area contributed by atoms with Gasteiger partial charge in [0.15, 0.2) is 17.3 Å². The molecule has 1 aliphatic heterocycles. The Hall–Kier alpha value is -2.06. The van der Waals surface area contributed by atoms with Crippen molar-refractivity contribution in [1.82, 2.24) is 9.46 Å². The third-order valence-electron chi connectivity index (χ3n) is 5.16. The lowest BCUT2D eigenvalue weighted by molar-refractivity contribution is 0.305. The molecular weight excluding hydrogens is 380 g/mol. The van der Waals surface area contributed by atoms with Crippen LogP contribution in [0.5, 0.6) is 11.5 Å². The Morgan fingerprint density at radius 1 is 1.11 bits per heavy atom. The largest absolute Gasteiger partial charge is 0.493 e. The van der Waals surface area contributed by atoms with Crippen LogP contribution in [-0.4, -0.2) is 43.9 Å². The molecule has 1 aromatic heterocycles. The Morgan fingerprint density at radius 3 is 2.54 bits per heavy atom. The monoisotopic (exact) mass is 408 g/mol. The van der Waals surface area contributed by atoms with Crippen molar-refractivity contribution in [2.45, 2.75) is 50.8 Å². The number of aromatic nitrogens is 1. The molecule has 0 bridgehead atoms. The molecule has 1 aliphatic rings. The second-order valence-electron chi connectivity index (χ2n) is 7.26. The Morgan fingerprint density at radius 2 is 1.86 bits per heavy atom. The van der Waals surface area contributed by atoms with E-state index < -0.39 is 15.3 Å². The van der Waals surface area contributed by atoms with Gasteiger partial charge < -0.3 is 14.0 Å². The minimum Gasteiger partial charge on any atom is -0.493 e. The number of rotatable bonds is 6. The fourth-order valence-electron chi connectivity index (χ4n) is 3.52. The number of methoxy groups -OCH3 is 2. The van der Waals surface area contributed by atoms with Crippen LogP contribution in [0.25, 0.3) is 11.3 Å². The van der Waals surface area contributed by atoms with Crippen molar-refractivity contribution in [3.63, 3.8) is 0 Å². The average Bonchev–Trinajstić information content (AvgIpc) is 3.04. The maximum Gasteiger partial charge on any atom is 0.217 e. The highest BCUT2D eigenvalue weighted by atomic mass is 32.2. The summed E-state index contributed by atoms with van der Waals surface area (Å²) in [5, 5.41) is 3.76. The topological polar surface area (TPSA) is 81.9 Å². The molecule has 8 heteroatoms. The maximum atomic E-state index is 12.9. The summed E-state index contributed by atoms with van der Waals surface area (Å²) in [6.07, 6.45) is 3.58. The van der Waals surface area contributed by atoms with Gasteiger partial charge in [0.1, 0.15) is 5.69 Å². The van der Waals surface area contributed by atoms with E-state index in [9.17, 15) is 8.42 Å². The SMILES string of the molecule is COc1ccc(-c2cc([C@H]3CCCCCN3S(=O)(=O)C(C)C)no2)cc1OC. The van der Waals surface area contributed by atoms with Gasteiger partial charge in [-0.25, -0.2) is 8.42 Å². The fraction of sp³-hybridized carbons (Fsp3) is 0.550. The molecule has 2 heterocycles. The summed E-state index contributed by atoms with van der Waals surface area (Å²) >= 11 is 0. The predicted molar refractivity (Wildman–Crippen MR) is 107 cm³/mol. The molecule has 154 valence electrons. The van der Waals surface area contributed by atoms with Crippen molar-refractivity contribution in [2.75, 3.05) is 20.8 Å². The maximum absolute atomic E-state index is 12.9. The number of hydrogen-bond donors (Lipinski definition) is 0. The van der Waals surface area contributed by atoms with Gasteiger partial charge in [-0.1, -0.05) is 18.0 Å². The summed E-state index contributed by atoms with van der Waals surface area (Å²) in [6, 6.07) is 7.02. The zero-order valence-corrected chi connectivity index (χ0v) is 17.7. The van der Waals surface area contributed by atoms with Crippen LogP contribution in [-0.2, 0) is 10.0 Å². The second-order valence-corrected chi connectivity index (χ2v) is 9.70. The van der Waals surface area contributed by atoms with E-state index in [1.807, 2.05) is 18.2 Å². The molecule has 0 N–H and O–H groups in total. The quantitative estimate of drug-likeness (QED) is 0.718. The highest BCUT2D eigenvalue weighted by Crippen LogP contribution is 2.37. The van der Waals surface area contributed by atoms with Crippen LogP contribution in [0, 0.1) is 0 Å². The number of benzene rings is 1. The molecular formula is C20H28N2O5S. The second kappa shape index (κ2) is 8.53. The van der Waals surface area contributed by atoms with Crippen molar-refractivity contribution < 1.29 is 22.4 Å². The van der Waals surface area contributed by atoms with Crippen molar-refractivity contribution in [3.05, 3.63) is 30.0 Å². The molecule has 1 saturated heterocycles. The first-order chi connectivity index (χ1) is 13.4. The molecule has 0 unspecified atom stereocenters. The Bertz CT molecular complexity index is 907. The zero-order valence-electron chi connectivity index (χ0n) is 16.8. The van der Waals surface area contributed by atoms with Gasteiger partial charge in [-0.3, -0.25) is 0 Å². The number of hydrogen-bond acceptors (Lipinski definition) is 6. The Balaban J connectivity index is 1.95. The lowest BCUT2D eigenvalue weighted by atomic mass is 10.1. The van der Waals surface area contributed by atoms with E-state index in [2.05, 4.69) is 5.16 Å². The molecule has 2 aromatic rings. The number of nitrogens with zero attached hydrogens (tertiary/aromatic N) is 2. The normalized spacial score (nSPS) is 18.8. The third kappa shape index (κ3) is 4.03. The summed E-state index contributed by atoms with van der Waals surface area (Å²) < 4.78 is 43.6. The van der Waals surface area contributed by atoms with Crippen molar-refractivity contribution in [3.8, 4) is 22.8 Å². The van der Waals surface area contributed by atoms with Crippen molar-refractivity contribution in [1.29, 1.82) is 0 Å². The standard InChI is InChI=1S/C20H28N2O5S/c1-14(2)28(23,24)22-11-7-5-6-8-17(22)16-13-19(27-21-16)15-9-10-18(25-3)20(12-15)26-4/h9-10,12-14,17H,5-8,11H2,1-4H3/t17-/m1/s1. The van der Waals surface area contributed by atoms with Crippen LogP contribution in [0.3, 0.4) is 0 Å². The molecule has 0 saturated carbocycles. The van der Waals surface area contributed by atoms with Gasteiger partial charge in [0.25, 0.3) is 0 Å². The van der Waals surface area contributed by atoms with E-state index in [1.165, 1.54) is 0 Å². The summed E-state index contributed by atoms with van der Waals surface area (Å²) in [6.45, 7) is 3.95. The Kier molecular flexibility index (Phi) is 6.30. The van der Waals surface area contributed by atoms with E-state index in [1.54, 1.807) is 38.4 Å². The first-order valence-electron chi connectivity index (χ1n) is 9.58. The lowest BCUT2D eigenvalue weighted by Gasteiger charge is -2.29. The van der Waals surface area contributed by atoms with Crippen LogP contribution in [0.4, 0.5) is 0 Å². The van der Waals surface area contributed by atoms with Crippen molar-refractivity contribution in [2.24, 2.45) is 0 Å². The highest BCUT2D eigenvalue weighted by molar-refractivity contribution is 7.89. The van der Waals surface area contributed by atoms with E-state index in [0.717, 1.165) is 31.2 Å². The van der Waals surface area contributed by atoms with Gasteiger partial charge in [0, 0.05) is 18.2 Å². The van der Waals surface area contributed by atoms with Gasteiger partial charge >= 0.3 is 0 Å². The summed E-state index contributed by atoms with van der Waals surface area (Å²) in [7, 11) is -0.220. The van der Waals surface area contributed by atoms with E-state index >= 15 is 0 Å². The molecule has 3 rings (SSSR count). The minimum absolute atomic E-state index is 0.299. The molecule has 28 heavy (non-hydrogen) atoms. The summed E-state index contributed by atoms with van der Waals surface area (Å²) in [5.41, 5.74) is 1.44. The first kappa shape index (κ1) is 20.7. The molecule has 0 aliphatic carbocycles. The van der Waals surface area contributed by atoms with E-state index in [0.29, 0.717) is 29.5 Å². The predicted octanol–water partition coefficient (Wildman–Crippen LogP) is 4.01. The molecule has 0 amide bonds. The highest BCUT2D eigenvalue weighted by Gasteiger charge is 2.35. The van der Waals surface area contributed by atoms with Crippen LogP contribution in [0.2, 0.25) is 0 Å². The fourth-order valence-corrected chi connectivity index (χ4v) is 5.02. The average molecular weight is 409 g/mol. The Labute approximate surface area is 166 Å². The molecule has 0 radical (unpaired) electrons. The zero-order chi connectivity index (χ0) is 20.3. The van der Waals surface area contributed by atoms with Crippen LogP contribution < -0.4 is 9.47 Å². The van der Waals surface area contributed by atoms with Crippen LogP contribution in [0.1, 0.15) is 51.3 Å². The van der Waals surface area contributed by atoms with Crippen LogP contribution in [0.15, 0.2) is 28.8 Å². The number of sulfonamides is 1. The summed E-state index contributed by atoms with van der Waals surface area (Å²) in [5.74, 6) is 1.79. The smallest absolute Gasteiger partial charge is 0.217 e. The van der Waals surface area contributed by atoms with Gasteiger partial charge in [-0.05, 0) is 44.9 Å². The molecule has 1 aromatic carbocycles. The van der Waals surface area contributed by atoms with Gasteiger partial charge in [0.05, 0.1) is 25.5 Å². The van der Waals surface area contributed by atoms with E-state index in [4.69, 9.17) is 14.0 Å². The molecule has 7 nitrogen and oxygen atoms in total. The first-order valence-corrected chi connectivity index (χ1v) is 11.1. The third-order valence-corrected chi connectivity index (χ3v) is 7.45. The lowest BCUT2D eigenvalue weighted by Crippen LogP contribution is -2.39. The van der Waals surface area contributed by atoms with Crippen molar-refractivity contribution >= 4 is 10.0 Å². The molecule has 0 spiro atoms. The minimum atomic E-state index is -3.38. The van der Waals surface area contributed by atoms with Gasteiger partial charge in [0.2, 0.25) is 10.0 Å². The summed E-state index contributed by atoms with van der Waals surface area (Å²) in [4.78, 5) is 0. The van der Waals surface area contributed by atoms with E-state index in [-0.39, 0.29) is 6.04 Å². The van der Waals surface area contributed by atoms with Crippen LogP contribution >= 0.6 is 0 Å². The molecule has 1 fully saturated rings. The number of ether oxygens (including phenoxy) is 2. The van der Waals surface area contributed by atoms with Gasteiger partial charge in [-0.2, -0.15) is 4.31 Å². The van der Waals surface area contributed by atoms with Gasteiger partial charge in [-0.15, -0.1) is 0 Å². The molecule has 1 atom stereocenters.